The summed E-state index contributed by atoms with van der Waals surface area (Å²) in [6, 6.07) is 9.50. The van der Waals surface area contributed by atoms with Crippen LogP contribution >= 0.6 is 0 Å². The highest BCUT2D eigenvalue weighted by molar-refractivity contribution is 7.92. The van der Waals surface area contributed by atoms with Gasteiger partial charge in [0.25, 0.3) is 10.0 Å². The lowest BCUT2D eigenvalue weighted by molar-refractivity contribution is 0.484. The van der Waals surface area contributed by atoms with E-state index in [2.05, 4.69) is 0 Å². The van der Waals surface area contributed by atoms with Gasteiger partial charge < -0.3 is 0 Å². The molecule has 0 N–H and O–H groups in total. The van der Waals surface area contributed by atoms with Gasteiger partial charge >= 0.3 is 0 Å². The van der Waals surface area contributed by atoms with Crippen LogP contribution in [0.2, 0.25) is 0 Å². The molecule has 0 atom stereocenters. The van der Waals surface area contributed by atoms with E-state index in [0.717, 1.165) is 22.0 Å². The van der Waals surface area contributed by atoms with Crippen molar-refractivity contribution in [3.05, 3.63) is 59.7 Å². The van der Waals surface area contributed by atoms with Crippen molar-refractivity contribution in [2.24, 2.45) is 0 Å². The molecule has 22 heavy (non-hydrogen) atoms. The fraction of sp³-hybridized carbons (Fsp3) is 0.250. The van der Waals surface area contributed by atoms with Gasteiger partial charge in [-0.1, -0.05) is 23.8 Å². The van der Waals surface area contributed by atoms with Gasteiger partial charge in [0.15, 0.2) is 11.6 Å². The minimum atomic E-state index is -4.20. The van der Waals surface area contributed by atoms with Crippen LogP contribution in [-0.2, 0) is 10.0 Å². The molecule has 0 radical (unpaired) electrons. The van der Waals surface area contributed by atoms with Crippen LogP contribution in [0.4, 0.5) is 14.5 Å². The van der Waals surface area contributed by atoms with E-state index in [1.807, 2.05) is 6.92 Å². The number of hydrogen-bond donors (Lipinski definition) is 0. The van der Waals surface area contributed by atoms with Crippen molar-refractivity contribution < 1.29 is 17.2 Å². The van der Waals surface area contributed by atoms with Crippen molar-refractivity contribution >= 4 is 15.7 Å². The number of halogens is 2. The number of sulfonamides is 1. The average molecular weight is 325 g/mol. The molecule has 0 spiro atoms. The van der Waals surface area contributed by atoms with Gasteiger partial charge in [-0.2, -0.15) is 0 Å². The Labute approximate surface area is 129 Å². The fourth-order valence-corrected chi connectivity index (χ4v) is 3.94. The lowest BCUT2D eigenvalue weighted by Gasteiger charge is -2.28. The summed E-state index contributed by atoms with van der Waals surface area (Å²) in [6.07, 6.45) is 0. The molecule has 0 aliphatic heterocycles. The third-order valence-electron chi connectivity index (χ3n) is 3.21. The molecule has 2 aromatic carbocycles. The summed E-state index contributed by atoms with van der Waals surface area (Å²) < 4.78 is 53.9. The quantitative estimate of drug-likeness (QED) is 0.855. The lowest BCUT2D eigenvalue weighted by Crippen LogP contribution is -2.37. The highest BCUT2D eigenvalue weighted by Gasteiger charge is 2.31. The molecule has 118 valence electrons. The molecule has 0 fully saturated rings. The largest absolute Gasteiger partial charge is 0.267 e. The molecule has 3 nitrogen and oxygen atoms in total. The normalized spacial score (nSPS) is 11.7. The second-order valence-electron chi connectivity index (χ2n) is 5.28. The molecule has 6 heteroatoms. The first-order valence-electron chi connectivity index (χ1n) is 6.80. The molecule has 0 bridgehead atoms. The fourth-order valence-electron chi connectivity index (χ4n) is 2.20. The molecule has 2 aromatic rings. The minimum Gasteiger partial charge on any atom is -0.264 e. The molecular weight excluding hydrogens is 308 g/mol. The molecule has 0 aliphatic rings. The van der Waals surface area contributed by atoms with E-state index in [-0.39, 0.29) is 0 Å². The van der Waals surface area contributed by atoms with Crippen LogP contribution in [0.15, 0.2) is 47.4 Å². The zero-order chi connectivity index (χ0) is 16.5. The third-order valence-corrected chi connectivity index (χ3v) is 5.23. The van der Waals surface area contributed by atoms with Gasteiger partial charge in [-0.05, 0) is 45.0 Å². The Morgan fingerprint density at radius 2 is 1.59 bits per heavy atom. The maximum atomic E-state index is 13.9. The Kier molecular flexibility index (Phi) is 4.51. The number of rotatable bonds is 4. The Morgan fingerprint density at radius 1 is 1.00 bits per heavy atom. The van der Waals surface area contributed by atoms with Gasteiger partial charge in [0, 0.05) is 6.04 Å². The standard InChI is InChI=1S/C16H17F2NO2S/c1-11(2)19(13-9-7-12(3)8-10-13)22(20,21)15-6-4-5-14(17)16(15)18/h4-11H,1-3H3. The van der Waals surface area contributed by atoms with Crippen molar-refractivity contribution in [2.45, 2.75) is 31.7 Å². The molecule has 0 amide bonds. The van der Waals surface area contributed by atoms with E-state index in [0.29, 0.717) is 5.69 Å². The van der Waals surface area contributed by atoms with E-state index in [9.17, 15) is 17.2 Å². The van der Waals surface area contributed by atoms with E-state index < -0.39 is 32.6 Å². The summed E-state index contributed by atoms with van der Waals surface area (Å²) in [5, 5.41) is 0. The third kappa shape index (κ3) is 2.97. The van der Waals surface area contributed by atoms with E-state index in [4.69, 9.17) is 0 Å². The first kappa shape index (κ1) is 16.4. The van der Waals surface area contributed by atoms with Gasteiger partial charge in [-0.15, -0.1) is 0 Å². The van der Waals surface area contributed by atoms with Crippen molar-refractivity contribution in [3.8, 4) is 0 Å². The molecule has 0 aromatic heterocycles. The summed E-state index contributed by atoms with van der Waals surface area (Å²) in [4.78, 5) is -0.665. The molecule has 0 saturated heterocycles. The van der Waals surface area contributed by atoms with E-state index in [1.54, 1.807) is 38.1 Å². The monoisotopic (exact) mass is 325 g/mol. The van der Waals surface area contributed by atoms with Gasteiger partial charge in [0.05, 0.1) is 5.69 Å². The number of aryl methyl sites for hydroxylation is 1. The van der Waals surface area contributed by atoms with Gasteiger partial charge in [-0.25, -0.2) is 17.2 Å². The Morgan fingerprint density at radius 3 is 2.14 bits per heavy atom. The zero-order valence-corrected chi connectivity index (χ0v) is 13.4. The number of benzene rings is 2. The van der Waals surface area contributed by atoms with Crippen LogP contribution in [0.5, 0.6) is 0 Å². The molecule has 2 rings (SSSR count). The first-order valence-corrected chi connectivity index (χ1v) is 8.24. The summed E-state index contributed by atoms with van der Waals surface area (Å²) in [7, 11) is -4.20. The summed E-state index contributed by atoms with van der Waals surface area (Å²) in [5.74, 6) is -2.55. The maximum Gasteiger partial charge on any atom is 0.267 e. The van der Waals surface area contributed by atoms with Crippen LogP contribution in [0, 0.1) is 18.6 Å². The number of nitrogens with zero attached hydrogens (tertiary/aromatic N) is 1. The van der Waals surface area contributed by atoms with E-state index >= 15 is 0 Å². The average Bonchev–Trinajstić information content (AvgIpc) is 2.43. The highest BCUT2D eigenvalue weighted by atomic mass is 32.2. The number of hydrogen-bond acceptors (Lipinski definition) is 2. The lowest BCUT2D eigenvalue weighted by atomic mass is 10.2. The summed E-state index contributed by atoms with van der Waals surface area (Å²) in [5.41, 5.74) is 1.38. The number of anilines is 1. The minimum absolute atomic E-state index is 0.407. The Balaban J connectivity index is 2.61. The van der Waals surface area contributed by atoms with Crippen molar-refractivity contribution in [3.63, 3.8) is 0 Å². The molecule has 0 unspecified atom stereocenters. The van der Waals surface area contributed by atoms with Crippen LogP contribution in [0.1, 0.15) is 19.4 Å². The molecular formula is C16H17F2NO2S. The Hall–Kier alpha value is -1.95. The van der Waals surface area contributed by atoms with Gasteiger partial charge in [0.2, 0.25) is 0 Å². The van der Waals surface area contributed by atoms with E-state index in [1.165, 1.54) is 6.07 Å². The summed E-state index contributed by atoms with van der Waals surface area (Å²) in [6.45, 7) is 5.23. The predicted molar refractivity (Wildman–Crippen MR) is 82.3 cm³/mol. The van der Waals surface area contributed by atoms with Crippen LogP contribution in [0.3, 0.4) is 0 Å². The predicted octanol–water partition coefficient (Wildman–Crippen LogP) is 3.88. The second-order valence-corrected chi connectivity index (χ2v) is 7.07. The maximum absolute atomic E-state index is 13.9. The van der Waals surface area contributed by atoms with Crippen molar-refractivity contribution in [2.75, 3.05) is 4.31 Å². The van der Waals surface area contributed by atoms with Crippen LogP contribution in [-0.4, -0.2) is 14.5 Å². The Bertz CT molecular complexity index is 771. The summed E-state index contributed by atoms with van der Waals surface area (Å²) >= 11 is 0. The zero-order valence-electron chi connectivity index (χ0n) is 12.5. The molecule has 0 aliphatic carbocycles. The molecule has 0 saturated carbocycles. The van der Waals surface area contributed by atoms with Gasteiger partial charge in [-0.3, -0.25) is 4.31 Å². The molecule has 0 heterocycles. The van der Waals surface area contributed by atoms with Crippen LogP contribution in [0.25, 0.3) is 0 Å². The van der Waals surface area contributed by atoms with Crippen LogP contribution < -0.4 is 4.31 Å². The highest BCUT2D eigenvalue weighted by Crippen LogP contribution is 2.28. The second kappa shape index (κ2) is 6.04. The first-order chi connectivity index (χ1) is 10.2. The topological polar surface area (TPSA) is 37.4 Å². The smallest absolute Gasteiger partial charge is 0.264 e. The SMILES string of the molecule is Cc1ccc(N(C(C)C)S(=O)(=O)c2cccc(F)c2F)cc1. The van der Waals surface area contributed by atoms with Crippen molar-refractivity contribution in [1.82, 2.24) is 0 Å². The van der Waals surface area contributed by atoms with Gasteiger partial charge in [0.1, 0.15) is 4.90 Å². The van der Waals surface area contributed by atoms with Crippen molar-refractivity contribution in [1.29, 1.82) is 0 Å².